The van der Waals surface area contributed by atoms with E-state index in [0.29, 0.717) is 11.8 Å². The first-order valence-corrected chi connectivity index (χ1v) is 3.68. The summed E-state index contributed by atoms with van der Waals surface area (Å²) in [6.07, 6.45) is 6.29. The van der Waals surface area contributed by atoms with Gasteiger partial charge in [0.05, 0.1) is 12.9 Å². The van der Waals surface area contributed by atoms with Crippen molar-refractivity contribution in [2.24, 2.45) is 11.8 Å². The summed E-state index contributed by atoms with van der Waals surface area (Å²) in [5.74, 6) is 2.24. The van der Waals surface area contributed by atoms with Gasteiger partial charge in [-0.25, -0.2) is 0 Å². The van der Waals surface area contributed by atoms with Gasteiger partial charge >= 0.3 is 0 Å². The molecule has 0 saturated heterocycles. The minimum absolute atomic E-state index is 0.537. The average molecular weight is 138 g/mol. The van der Waals surface area contributed by atoms with Crippen LogP contribution in [0.15, 0.2) is 24.0 Å². The number of ether oxygens (including phenoxy) is 1. The normalized spacial score (nSPS) is 31.7. The molecule has 2 atom stereocenters. The topological polar surface area (TPSA) is 9.23 Å². The van der Waals surface area contributed by atoms with Crippen LogP contribution in [0.3, 0.4) is 0 Å². The van der Waals surface area contributed by atoms with E-state index in [9.17, 15) is 0 Å². The SMILES string of the molecule is COC1=CC=CC(C)C1C. The molecule has 0 aromatic rings. The Balaban J connectivity index is 2.71. The molecule has 10 heavy (non-hydrogen) atoms. The largest absolute Gasteiger partial charge is 0.501 e. The predicted octanol–water partition coefficient (Wildman–Crippen LogP) is 2.36. The van der Waals surface area contributed by atoms with Crippen molar-refractivity contribution in [3.8, 4) is 0 Å². The van der Waals surface area contributed by atoms with Crippen molar-refractivity contribution in [3.05, 3.63) is 24.0 Å². The Bertz CT molecular complexity index is 168. The highest BCUT2D eigenvalue weighted by Crippen LogP contribution is 2.25. The van der Waals surface area contributed by atoms with Crippen LogP contribution in [0.5, 0.6) is 0 Å². The van der Waals surface area contributed by atoms with Crippen LogP contribution in [-0.4, -0.2) is 7.11 Å². The first-order valence-electron chi connectivity index (χ1n) is 3.68. The fourth-order valence-electron chi connectivity index (χ4n) is 1.16. The minimum atomic E-state index is 0.537. The molecule has 0 aromatic carbocycles. The second kappa shape index (κ2) is 2.91. The van der Waals surface area contributed by atoms with Gasteiger partial charge in [0.2, 0.25) is 0 Å². The van der Waals surface area contributed by atoms with Crippen LogP contribution in [0.1, 0.15) is 13.8 Å². The summed E-state index contributed by atoms with van der Waals surface area (Å²) in [4.78, 5) is 0. The molecule has 0 aromatic heterocycles. The molecule has 0 bridgehead atoms. The lowest BCUT2D eigenvalue weighted by molar-refractivity contribution is 0.228. The van der Waals surface area contributed by atoms with Crippen LogP contribution in [0.2, 0.25) is 0 Å². The number of hydrogen-bond acceptors (Lipinski definition) is 1. The van der Waals surface area contributed by atoms with Gasteiger partial charge in [-0.1, -0.05) is 26.0 Å². The summed E-state index contributed by atoms with van der Waals surface area (Å²) in [5.41, 5.74) is 0. The predicted molar refractivity (Wildman–Crippen MR) is 42.6 cm³/mol. The van der Waals surface area contributed by atoms with Crippen molar-refractivity contribution in [1.82, 2.24) is 0 Å². The van der Waals surface area contributed by atoms with E-state index in [0.717, 1.165) is 5.76 Å². The van der Waals surface area contributed by atoms with Crippen molar-refractivity contribution in [2.75, 3.05) is 7.11 Å². The molecule has 1 heteroatoms. The summed E-state index contributed by atoms with van der Waals surface area (Å²) in [6.45, 7) is 4.39. The maximum Gasteiger partial charge on any atom is 0.0989 e. The molecule has 56 valence electrons. The summed E-state index contributed by atoms with van der Waals surface area (Å²) >= 11 is 0. The minimum Gasteiger partial charge on any atom is -0.501 e. The molecule has 0 fully saturated rings. The van der Waals surface area contributed by atoms with E-state index in [1.54, 1.807) is 7.11 Å². The van der Waals surface area contributed by atoms with Gasteiger partial charge in [-0.15, -0.1) is 0 Å². The first-order chi connectivity index (χ1) is 4.75. The molecule has 0 spiro atoms. The smallest absolute Gasteiger partial charge is 0.0989 e. The lowest BCUT2D eigenvalue weighted by atomic mass is 9.90. The molecule has 1 nitrogen and oxygen atoms in total. The number of rotatable bonds is 1. The van der Waals surface area contributed by atoms with Gasteiger partial charge < -0.3 is 4.74 Å². The van der Waals surface area contributed by atoms with Crippen molar-refractivity contribution < 1.29 is 4.74 Å². The molecule has 0 radical (unpaired) electrons. The van der Waals surface area contributed by atoms with E-state index < -0.39 is 0 Å². The van der Waals surface area contributed by atoms with Crippen molar-refractivity contribution in [3.63, 3.8) is 0 Å². The fraction of sp³-hybridized carbons (Fsp3) is 0.556. The molecular formula is C9H14O. The molecule has 2 unspecified atom stereocenters. The lowest BCUT2D eigenvalue weighted by Crippen LogP contribution is -2.12. The highest BCUT2D eigenvalue weighted by molar-refractivity contribution is 5.17. The molecule has 0 heterocycles. The third kappa shape index (κ3) is 1.23. The maximum absolute atomic E-state index is 5.18. The van der Waals surface area contributed by atoms with Crippen molar-refractivity contribution >= 4 is 0 Å². The Hall–Kier alpha value is -0.720. The molecule has 0 aliphatic heterocycles. The molecule has 1 rings (SSSR count). The van der Waals surface area contributed by atoms with E-state index in [1.165, 1.54) is 0 Å². The Labute approximate surface area is 62.4 Å². The Morgan fingerprint density at radius 2 is 2.10 bits per heavy atom. The molecule has 1 aliphatic carbocycles. The monoisotopic (exact) mass is 138 g/mol. The second-order valence-electron chi connectivity index (χ2n) is 2.81. The zero-order valence-electron chi connectivity index (χ0n) is 6.79. The number of methoxy groups -OCH3 is 1. The van der Waals surface area contributed by atoms with Crippen molar-refractivity contribution in [1.29, 1.82) is 0 Å². The molecular weight excluding hydrogens is 124 g/mol. The van der Waals surface area contributed by atoms with Crippen LogP contribution in [0.25, 0.3) is 0 Å². The van der Waals surface area contributed by atoms with E-state index in [2.05, 4.69) is 26.0 Å². The zero-order chi connectivity index (χ0) is 7.56. The summed E-state index contributed by atoms with van der Waals surface area (Å²) in [7, 11) is 1.73. The fourth-order valence-corrected chi connectivity index (χ4v) is 1.16. The molecule has 0 saturated carbocycles. The molecule has 0 N–H and O–H groups in total. The highest BCUT2D eigenvalue weighted by Gasteiger charge is 2.16. The Kier molecular flexibility index (Phi) is 2.15. The third-order valence-electron chi connectivity index (χ3n) is 2.15. The number of hydrogen-bond donors (Lipinski definition) is 0. The van der Waals surface area contributed by atoms with Crippen LogP contribution in [0, 0.1) is 11.8 Å². The van der Waals surface area contributed by atoms with Gasteiger partial charge in [0.15, 0.2) is 0 Å². The Morgan fingerprint density at radius 1 is 1.40 bits per heavy atom. The second-order valence-corrected chi connectivity index (χ2v) is 2.81. The molecule has 1 aliphatic rings. The van der Waals surface area contributed by atoms with Crippen molar-refractivity contribution in [2.45, 2.75) is 13.8 Å². The quantitative estimate of drug-likeness (QED) is 0.540. The van der Waals surface area contributed by atoms with Crippen LogP contribution in [0.4, 0.5) is 0 Å². The standard InChI is InChI=1S/C9H14O/c1-7-5-4-6-9(10-3)8(7)2/h4-8H,1-3H3. The Morgan fingerprint density at radius 3 is 2.60 bits per heavy atom. The van der Waals surface area contributed by atoms with E-state index in [1.807, 2.05) is 6.08 Å². The summed E-state index contributed by atoms with van der Waals surface area (Å²) in [5, 5.41) is 0. The molecule has 0 amide bonds. The van der Waals surface area contributed by atoms with Crippen LogP contribution >= 0.6 is 0 Å². The summed E-state index contributed by atoms with van der Waals surface area (Å²) < 4.78 is 5.18. The van der Waals surface area contributed by atoms with Gasteiger partial charge in [-0.3, -0.25) is 0 Å². The third-order valence-corrected chi connectivity index (χ3v) is 2.15. The number of allylic oxidation sites excluding steroid dienone is 4. The van der Waals surface area contributed by atoms with E-state index in [-0.39, 0.29) is 0 Å². The van der Waals surface area contributed by atoms with Gasteiger partial charge in [0, 0.05) is 5.92 Å². The summed E-state index contributed by atoms with van der Waals surface area (Å²) in [6, 6.07) is 0. The van der Waals surface area contributed by atoms with E-state index >= 15 is 0 Å². The first kappa shape index (κ1) is 7.39. The maximum atomic E-state index is 5.18. The van der Waals surface area contributed by atoms with E-state index in [4.69, 9.17) is 4.74 Å². The highest BCUT2D eigenvalue weighted by atomic mass is 16.5. The average Bonchev–Trinajstić information content (AvgIpc) is 1.95. The van der Waals surface area contributed by atoms with Crippen LogP contribution < -0.4 is 0 Å². The van der Waals surface area contributed by atoms with Gasteiger partial charge in [0.1, 0.15) is 0 Å². The zero-order valence-corrected chi connectivity index (χ0v) is 6.79. The van der Waals surface area contributed by atoms with Crippen LogP contribution in [-0.2, 0) is 4.74 Å². The van der Waals surface area contributed by atoms with Gasteiger partial charge in [-0.2, -0.15) is 0 Å². The van der Waals surface area contributed by atoms with Gasteiger partial charge in [-0.05, 0) is 12.0 Å². The van der Waals surface area contributed by atoms with Gasteiger partial charge in [0.25, 0.3) is 0 Å². The lowest BCUT2D eigenvalue weighted by Gasteiger charge is -2.21.